The van der Waals surface area contributed by atoms with E-state index < -0.39 is 0 Å². The maximum Gasteiger partial charge on any atom is 0.282 e. The topological polar surface area (TPSA) is 94.8 Å². The van der Waals surface area contributed by atoms with Gasteiger partial charge in [0.25, 0.3) is 11.5 Å². The molecule has 0 saturated heterocycles. The molecule has 38 heavy (non-hydrogen) atoms. The molecule has 0 saturated carbocycles. The minimum Gasteiger partial charge on any atom is -0.493 e. The number of ether oxygens (including phenoxy) is 2. The van der Waals surface area contributed by atoms with Gasteiger partial charge in [-0.05, 0) is 54.4 Å². The Hall–Kier alpha value is -3.69. The number of methoxy groups -OCH3 is 1. The zero-order valence-electron chi connectivity index (χ0n) is 21.3. The average Bonchev–Trinajstić information content (AvgIpc) is 2.88. The van der Waals surface area contributed by atoms with Gasteiger partial charge in [-0.3, -0.25) is 9.59 Å². The van der Waals surface area contributed by atoms with Crippen LogP contribution in [-0.2, 0) is 4.79 Å². The lowest BCUT2D eigenvalue weighted by Crippen LogP contribution is -2.23. The highest BCUT2D eigenvalue weighted by atomic mass is 79.9. The Kier molecular flexibility index (Phi) is 8.48. The van der Waals surface area contributed by atoms with Gasteiger partial charge >= 0.3 is 0 Å². The van der Waals surface area contributed by atoms with Gasteiger partial charge in [-0.2, -0.15) is 9.78 Å². The third-order valence-corrected chi connectivity index (χ3v) is 6.46. The minimum absolute atomic E-state index is 0.0485. The fraction of sp³-hybridized carbons (Fsp3) is 0.214. The second-order valence-electron chi connectivity index (χ2n) is 8.83. The Balaban J connectivity index is 1.60. The molecule has 0 aliphatic rings. The SMILES string of the molecule is COc1cc(C=Nn2c(C(C)C)nc3ccc(Br)cc3c2=O)cc(Cl)c1OCC(=O)Nc1ccccc1C. The molecular weight excluding hydrogens is 572 g/mol. The Bertz CT molecular complexity index is 1600. The molecule has 1 N–H and O–H groups in total. The molecule has 0 bridgehead atoms. The molecule has 0 radical (unpaired) electrons. The summed E-state index contributed by atoms with van der Waals surface area (Å²) in [5, 5.41) is 7.92. The van der Waals surface area contributed by atoms with Crippen LogP contribution in [0, 0.1) is 6.92 Å². The molecule has 10 heteroatoms. The summed E-state index contributed by atoms with van der Waals surface area (Å²) in [6, 6.07) is 16.1. The van der Waals surface area contributed by atoms with Gasteiger partial charge in [0.2, 0.25) is 0 Å². The lowest BCUT2D eigenvalue weighted by atomic mass is 10.2. The first kappa shape index (κ1) is 27.3. The second-order valence-corrected chi connectivity index (χ2v) is 10.2. The van der Waals surface area contributed by atoms with E-state index in [1.807, 2.05) is 51.1 Å². The molecule has 0 unspecified atom stereocenters. The number of hydrogen-bond acceptors (Lipinski definition) is 6. The van der Waals surface area contributed by atoms with Crippen LogP contribution in [0.15, 0.2) is 69.0 Å². The fourth-order valence-electron chi connectivity index (χ4n) is 3.77. The first-order valence-electron chi connectivity index (χ1n) is 11.8. The number of carbonyl (C=O) groups excluding carboxylic acids is 1. The summed E-state index contributed by atoms with van der Waals surface area (Å²) in [5.41, 5.74) is 2.53. The van der Waals surface area contributed by atoms with Crippen molar-refractivity contribution in [1.82, 2.24) is 9.66 Å². The van der Waals surface area contributed by atoms with E-state index in [-0.39, 0.29) is 34.8 Å². The number of rotatable bonds is 8. The Labute approximate surface area is 233 Å². The van der Waals surface area contributed by atoms with E-state index in [0.717, 1.165) is 10.0 Å². The van der Waals surface area contributed by atoms with Crippen LogP contribution in [0.2, 0.25) is 5.02 Å². The monoisotopic (exact) mass is 596 g/mol. The van der Waals surface area contributed by atoms with Crippen LogP contribution in [0.1, 0.15) is 36.7 Å². The molecule has 4 rings (SSSR count). The number of halogens is 2. The van der Waals surface area contributed by atoms with Crippen molar-refractivity contribution in [2.45, 2.75) is 26.7 Å². The molecule has 0 aliphatic carbocycles. The van der Waals surface area contributed by atoms with Crippen LogP contribution >= 0.6 is 27.5 Å². The second kappa shape index (κ2) is 11.8. The van der Waals surface area contributed by atoms with Gasteiger partial charge < -0.3 is 14.8 Å². The van der Waals surface area contributed by atoms with E-state index in [2.05, 4.69) is 31.3 Å². The maximum absolute atomic E-state index is 13.3. The third-order valence-electron chi connectivity index (χ3n) is 5.69. The number of amides is 1. The number of aryl methyl sites for hydroxylation is 1. The highest BCUT2D eigenvalue weighted by Gasteiger charge is 2.16. The quantitative estimate of drug-likeness (QED) is 0.246. The summed E-state index contributed by atoms with van der Waals surface area (Å²) in [6.45, 7) is 5.53. The molecule has 0 aliphatic heterocycles. The number of aromatic nitrogens is 2. The summed E-state index contributed by atoms with van der Waals surface area (Å²) >= 11 is 9.89. The van der Waals surface area contributed by atoms with Crippen molar-refractivity contribution < 1.29 is 14.3 Å². The van der Waals surface area contributed by atoms with E-state index in [0.29, 0.717) is 33.7 Å². The van der Waals surface area contributed by atoms with E-state index in [1.165, 1.54) is 18.0 Å². The Morgan fingerprint density at radius 3 is 2.68 bits per heavy atom. The maximum atomic E-state index is 13.3. The molecule has 1 aromatic heterocycles. The van der Waals surface area contributed by atoms with Gasteiger partial charge in [0.15, 0.2) is 18.1 Å². The van der Waals surface area contributed by atoms with Gasteiger partial charge in [0, 0.05) is 16.1 Å². The number of fused-ring (bicyclic) bond motifs is 1. The first-order valence-corrected chi connectivity index (χ1v) is 13.0. The number of nitrogens with zero attached hydrogens (tertiary/aromatic N) is 3. The minimum atomic E-state index is -0.334. The molecule has 1 heterocycles. The number of carbonyl (C=O) groups is 1. The standard InChI is InChI=1S/C28H26BrClN4O4/c1-16(2)27-33-23-10-9-19(29)13-20(23)28(36)34(27)31-14-18-11-21(30)26(24(12-18)37-4)38-15-25(35)32-22-8-6-5-7-17(22)3/h5-14,16H,15H2,1-4H3,(H,32,35). The molecule has 1 amide bonds. The molecule has 0 spiro atoms. The van der Waals surface area contributed by atoms with Crippen LogP contribution in [-0.4, -0.2) is 35.5 Å². The molecular formula is C28H26BrClN4O4. The largest absolute Gasteiger partial charge is 0.493 e. The van der Waals surface area contributed by atoms with E-state index in [1.54, 1.807) is 24.3 Å². The normalized spacial score (nSPS) is 11.3. The third kappa shape index (κ3) is 6.06. The predicted molar refractivity (Wildman–Crippen MR) is 154 cm³/mol. The number of para-hydroxylation sites is 1. The summed E-state index contributed by atoms with van der Waals surface area (Å²) in [6.07, 6.45) is 1.50. The molecule has 196 valence electrons. The van der Waals surface area contributed by atoms with Crippen LogP contribution in [0.25, 0.3) is 10.9 Å². The van der Waals surface area contributed by atoms with Crippen molar-refractivity contribution in [3.8, 4) is 11.5 Å². The van der Waals surface area contributed by atoms with Gasteiger partial charge in [-0.15, -0.1) is 0 Å². The van der Waals surface area contributed by atoms with Gasteiger partial charge in [0.05, 0.1) is 29.2 Å². The van der Waals surface area contributed by atoms with Crippen LogP contribution in [0.5, 0.6) is 11.5 Å². The van der Waals surface area contributed by atoms with Crippen LogP contribution in [0.3, 0.4) is 0 Å². The van der Waals surface area contributed by atoms with Crippen molar-refractivity contribution in [3.63, 3.8) is 0 Å². The van der Waals surface area contributed by atoms with Crippen molar-refractivity contribution in [2.24, 2.45) is 5.10 Å². The molecule has 8 nitrogen and oxygen atoms in total. The van der Waals surface area contributed by atoms with Crippen molar-refractivity contribution in [3.05, 3.63) is 91.4 Å². The van der Waals surface area contributed by atoms with E-state index in [4.69, 9.17) is 21.1 Å². The van der Waals surface area contributed by atoms with Gasteiger partial charge in [-0.25, -0.2) is 4.98 Å². The lowest BCUT2D eigenvalue weighted by Gasteiger charge is -2.14. The summed E-state index contributed by atoms with van der Waals surface area (Å²) in [4.78, 5) is 30.3. The van der Waals surface area contributed by atoms with Crippen molar-refractivity contribution >= 4 is 56.2 Å². The first-order chi connectivity index (χ1) is 18.2. The van der Waals surface area contributed by atoms with Crippen LogP contribution < -0.4 is 20.3 Å². The number of hydrogen-bond donors (Lipinski definition) is 1. The van der Waals surface area contributed by atoms with E-state index in [9.17, 15) is 9.59 Å². The molecule has 0 fully saturated rings. The highest BCUT2D eigenvalue weighted by Crippen LogP contribution is 2.36. The summed E-state index contributed by atoms with van der Waals surface area (Å²) in [5.74, 6) is 0.689. The highest BCUT2D eigenvalue weighted by molar-refractivity contribution is 9.10. The lowest BCUT2D eigenvalue weighted by molar-refractivity contribution is -0.118. The predicted octanol–water partition coefficient (Wildman–Crippen LogP) is 6.15. The van der Waals surface area contributed by atoms with E-state index >= 15 is 0 Å². The van der Waals surface area contributed by atoms with Gasteiger partial charge in [0.1, 0.15) is 5.82 Å². The number of benzene rings is 3. The molecule has 0 atom stereocenters. The smallest absolute Gasteiger partial charge is 0.282 e. The number of anilines is 1. The molecule has 4 aromatic rings. The Morgan fingerprint density at radius 1 is 1.21 bits per heavy atom. The zero-order valence-corrected chi connectivity index (χ0v) is 23.6. The van der Waals surface area contributed by atoms with Crippen LogP contribution in [0.4, 0.5) is 5.69 Å². The van der Waals surface area contributed by atoms with Crippen molar-refractivity contribution in [2.75, 3.05) is 19.0 Å². The van der Waals surface area contributed by atoms with Gasteiger partial charge in [-0.1, -0.05) is 59.6 Å². The summed E-state index contributed by atoms with van der Waals surface area (Å²) < 4.78 is 13.2. The van der Waals surface area contributed by atoms with Crippen molar-refractivity contribution in [1.29, 1.82) is 0 Å². The average molecular weight is 598 g/mol. The Morgan fingerprint density at radius 2 is 1.97 bits per heavy atom. The molecule has 3 aromatic carbocycles. The number of nitrogens with one attached hydrogen (secondary N) is 1. The summed E-state index contributed by atoms with van der Waals surface area (Å²) in [7, 11) is 1.47. The zero-order chi connectivity index (χ0) is 27.4. The fourth-order valence-corrected chi connectivity index (χ4v) is 4.40.